The van der Waals surface area contributed by atoms with E-state index in [1.165, 1.54) is 5.01 Å². The quantitative estimate of drug-likeness (QED) is 0.720. The summed E-state index contributed by atoms with van der Waals surface area (Å²) in [7, 11) is 1.84. The van der Waals surface area contributed by atoms with Gasteiger partial charge in [0.15, 0.2) is 0 Å². The van der Waals surface area contributed by atoms with Gasteiger partial charge in [-0.15, -0.1) is 4.83 Å². The first kappa shape index (κ1) is 14.1. The molecule has 0 aliphatic heterocycles. The van der Waals surface area contributed by atoms with Crippen molar-refractivity contribution in [1.29, 1.82) is 0 Å². The highest BCUT2D eigenvalue weighted by atomic mass is 32.2. The molecule has 96 valence electrons. The molecule has 0 spiro atoms. The van der Waals surface area contributed by atoms with Crippen molar-refractivity contribution in [3.05, 3.63) is 35.4 Å². The first-order valence-corrected chi connectivity index (χ1v) is 6.98. The summed E-state index contributed by atoms with van der Waals surface area (Å²) in [5.41, 5.74) is 1.86. The van der Waals surface area contributed by atoms with Crippen LogP contribution in [-0.2, 0) is 22.3 Å². The summed E-state index contributed by atoms with van der Waals surface area (Å²) in [6.45, 7) is 0.731. The van der Waals surface area contributed by atoms with Gasteiger partial charge in [0.05, 0.1) is 5.75 Å². The van der Waals surface area contributed by atoms with Crippen molar-refractivity contribution in [2.24, 2.45) is 0 Å². The lowest BCUT2D eigenvalue weighted by molar-refractivity contribution is 0.363. The summed E-state index contributed by atoms with van der Waals surface area (Å²) in [4.78, 5) is 2.41. The fourth-order valence-electron chi connectivity index (χ4n) is 1.56. The number of nitrogens with zero attached hydrogens (tertiary/aromatic N) is 1. The van der Waals surface area contributed by atoms with Crippen molar-refractivity contribution in [3.63, 3.8) is 0 Å². The van der Waals surface area contributed by atoms with E-state index in [0.717, 1.165) is 17.7 Å². The summed E-state index contributed by atoms with van der Waals surface area (Å²) in [6.07, 6.45) is 0. The molecule has 0 saturated heterocycles. The summed E-state index contributed by atoms with van der Waals surface area (Å²) in [5, 5.41) is 4.46. The number of hydrogen-bond donors (Lipinski definition) is 2. The third-order valence-corrected chi connectivity index (χ3v) is 3.41. The maximum atomic E-state index is 11.7. The van der Waals surface area contributed by atoms with Gasteiger partial charge in [-0.05, 0) is 18.2 Å². The predicted octanol–water partition coefficient (Wildman–Crippen LogP) is 0.302. The molecule has 0 aliphatic carbocycles. The van der Waals surface area contributed by atoms with E-state index < -0.39 is 10.0 Å². The van der Waals surface area contributed by atoms with Crippen LogP contribution in [-0.4, -0.2) is 34.6 Å². The van der Waals surface area contributed by atoms with Gasteiger partial charge >= 0.3 is 0 Å². The fourth-order valence-corrected chi connectivity index (χ4v) is 2.80. The normalized spacial score (nSPS) is 12.0. The summed E-state index contributed by atoms with van der Waals surface area (Å²) >= 11 is 0. The maximum Gasteiger partial charge on any atom is 0.228 e. The molecule has 1 rings (SSSR count). The Morgan fingerprint density at radius 1 is 1.24 bits per heavy atom. The molecule has 17 heavy (non-hydrogen) atoms. The van der Waals surface area contributed by atoms with Crippen molar-refractivity contribution < 1.29 is 8.42 Å². The SMILES string of the molecule is CNCc1cccc(CS(=O)(=O)NN(C)C)c1. The maximum absolute atomic E-state index is 11.7. The molecule has 1 aromatic carbocycles. The highest BCUT2D eigenvalue weighted by Crippen LogP contribution is 2.08. The molecular formula is C11H19N3O2S. The van der Waals surface area contributed by atoms with Crippen LogP contribution in [0.4, 0.5) is 0 Å². The van der Waals surface area contributed by atoms with Gasteiger partial charge in [-0.2, -0.15) is 0 Å². The zero-order valence-corrected chi connectivity index (χ0v) is 11.2. The van der Waals surface area contributed by atoms with Gasteiger partial charge in [-0.3, -0.25) is 0 Å². The molecular weight excluding hydrogens is 238 g/mol. The van der Waals surface area contributed by atoms with Crippen molar-refractivity contribution in [2.45, 2.75) is 12.3 Å². The molecule has 0 radical (unpaired) electrons. The van der Waals surface area contributed by atoms with Crippen molar-refractivity contribution in [1.82, 2.24) is 15.2 Å². The van der Waals surface area contributed by atoms with Crippen LogP contribution in [0.2, 0.25) is 0 Å². The summed E-state index contributed by atoms with van der Waals surface area (Å²) < 4.78 is 23.4. The Morgan fingerprint density at radius 3 is 2.47 bits per heavy atom. The molecule has 0 bridgehead atoms. The second kappa shape index (κ2) is 6.11. The van der Waals surface area contributed by atoms with Crippen molar-refractivity contribution in [3.8, 4) is 0 Å². The second-order valence-electron chi connectivity index (χ2n) is 4.10. The Hall–Kier alpha value is -0.950. The van der Waals surface area contributed by atoms with Crippen molar-refractivity contribution in [2.75, 3.05) is 21.1 Å². The van der Waals surface area contributed by atoms with E-state index in [2.05, 4.69) is 10.1 Å². The molecule has 0 fully saturated rings. The summed E-state index contributed by atoms with van der Waals surface area (Å²) in [5.74, 6) is -0.0112. The van der Waals surface area contributed by atoms with E-state index in [1.54, 1.807) is 14.1 Å². The van der Waals surface area contributed by atoms with Gasteiger partial charge in [-0.1, -0.05) is 24.3 Å². The molecule has 6 heteroatoms. The van der Waals surface area contributed by atoms with Crippen LogP contribution < -0.4 is 10.1 Å². The number of sulfonamides is 1. The average Bonchev–Trinajstić information content (AvgIpc) is 2.15. The van der Waals surface area contributed by atoms with E-state index >= 15 is 0 Å². The minimum atomic E-state index is -3.31. The van der Waals surface area contributed by atoms with Crippen LogP contribution in [0.15, 0.2) is 24.3 Å². The van der Waals surface area contributed by atoms with Crippen LogP contribution in [0.1, 0.15) is 11.1 Å². The predicted molar refractivity (Wildman–Crippen MR) is 68.7 cm³/mol. The van der Waals surface area contributed by atoms with E-state index in [-0.39, 0.29) is 5.75 Å². The minimum absolute atomic E-state index is 0.0112. The van der Waals surface area contributed by atoms with Gasteiger partial charge in [0.25, 0.3) is 0 Å². The first-order chi connectivity index (χ1) is 7.93. The Labute approximate surface area is 103 Å². The zero-order valence-electron chi connectivity index (χ0n) is 10.4. The topological polar surface area (TPSA) is 61.4 Å². The molecule has 0 aromatic heterocycles. The molecule has 0 amide bonds. The lowest BCUT2D eigenvalue weighted by atomic mass is 10.1. The highest BCUT2D eigenvalue weighted by molar-refractivity contribution is 7.88. The molecule has 5 nitrogen and oxygen atoms in total. The molecule has 0 heterocycles. The zero-order chi connectivity index (χ0) is 12.9. The van der Waals surface area contributed by atoms with E-state index in [9.17, 15) is 8.42 Å². The van der Waals surface area contributed by atoms with Crippen LogP contribution in [0.25, 0.3) is 0 Å². The lowest BCUT2D eigenvalue weighted by Crippen LogP contribution is -2.36. The number of benzene rings is 1. The fraction of sp³-hybridized carbons (Fsp3) is 0.455. The highest BCUT2D eigenvalue weighted by Gasteiger charge is 2.12. The number of nitrogens with one attached hydrogen (secondary N) is 2. The smallest absolute Gasteiger partial charge is 0.228 e. The molecule has 0 aliphatic rings. The third kappa shape index (κ3) is 5.27. The van der Waals surface area contributed by atoms with Gasteiger partial charge in [-0.25, -0.2) is 13.4 Å². The average molecular weight is 257 g/mol. The lowest BCUT2D eigenvalue weighted by Gasteiger charge is -2.12. The Morgan fingerprint density at radius 2 is 1.88 bits per heavy atom. The van der Waals surface area contributed by atoms with Crippen LogP contribution in [0.3, 0.4) is 0 Å². The molecule has 0 unspecified atom stereocenters. The monoisotopic (exact) mass is 257 g/mol. The van der Waals surface area contributed by atoms with Crippen molar-refractivity contribution >= 4 is 10.0 Å². The third-order valence-electron chi connectivity index (χ3n) is 2.05. The molecule has 0 saturated carbocycles. The van der Waals surface area contributed by atoms with Gasteiger partial charge in [0.2, 0.25) is 10.0 Å². The number of rotatable bonds is 6. The Kier molecular flexibility index (Phi) is 5.07. The first-order valence-electron chi connectivity index (χ1n) is 5.33. The van der Waals surface area contributed by atoms with Crippen LogP contribution >= 0.6 is 0 Å². The minimum Gasteiger partial charge on any atom is -0.316 e. The Balaban J connectivity index is 2.77. The molecule has 0 atom stereocenters. The van der Waals surface area contributed by atoms with E-state index in [4.69, 9.17) is 0 Å². The second-order valence-corrected chi connectivity index (χ2v) is 5.80. The largest absolute Gasteiger partial charge is 0.316 e. The molecule has 1 aromatic rings. The Bertz CT molecular complexity index is 458. The van der Waals surface area contributed by atoms with Crippen LogP contribution in [0.5, 0.6) is 0 Å². The van der Waals surface area contributed by atoms with E-state index in [1.807, 2.05) is 31.3 Å². The van der Waals surface area contributed by atoms with E-state index in [0.29, 0.717) is 0 Å². The standard InChI is InChI=1S/C11H19N3O2S/c1-12-8-10-5-4-6-11(7-10)9-17(15,16)13-14(2)3/h4-7,12-13H,8-9H2,1-3H3. The number of hydrazine groups is 1. The molecule has 2 N–H and O–H groups in total. The van der Waals surface area contributed by atoms with Gasteiger partial charge in [0, 0.05) is 20.6 Å². The van der Waals surface area contributed by atoms with Gasteiger partial charge in [0.1, 0.15) is 0 Å². The van der Waals surface area contributed by atoms with Gasteiger partial charge < -0.3 is 5.32 Å². The summed E-state index contributed by atoms with van der Waals surface area (Å²) in [6, 6.07) is 7.54. The number of hydrogen-bond acceptors (Lipinski definition) is 4. The van der Waals surface area contributed by atoms with Crippen LogP contribution in [0, 0.1) is 0 Å².